The minimum atomic E-state index is 0.0349. The molecule has 0 amide bonds. The number of likely N-dealkylation sites (tertiary alicyclic amines) is 1. The second-order valence-electron chi connectivity index (χ2n) is 5.73. The number of nitrogens with zero attached hydrogens (tertiary/aromatic N) is 1. The smallest absolute Gasteiger partial charge is 0.179 e. The molecular formula is C17H25NO. The summed E-state index contributed by atoms with van der Waals surface area (Å²) >= 11 is 0. The maximum atomic E-state index is 12.7. The second kappa shape index (κ2) is 6.33. The van der Waals surface area contributed by atoms with Crippen molar-refractivity contribution in [2.24, 2.45) is 0 Å². The van der Waals surface area contributed by atoms with Gasteiger partial charge in [-0.3, -0.25) is 9.69 Å². The summed E-state index contributed by atoms with van der Waals surface area (Å²) in [5.74, 6) is 0.281. The van der Waals surface area contributed by atoms with Gasteiger partial charge in [-0.1, -0.05) is 43.7 Å². The lowest BCUT2D eigenvalue weighted by Crippen LogP contribution is -2.52. The zero-order chi connectivity index (χ0) is 13.8. The topological polar surface area (TPSA) is 20.3 Å². The van der Waals surface area contributed by atoms with Crippen LogP contribution >= 0.6 is 0 Å². The van der Waals surface area contributed by atoms with E-state index in [9.17, 15) is 4.79 Å². The van der Waals surface area contributed by atoms with Crippen molar-refractivity contribution in [1.29, 1.82) is 0 Å². The zero-order valence-corrected chi connectivity index (χ0v) is 12.3. The van der Waals surface area contributed by atoms with E-state index in [2.05, 4.69) is 25.7 Å². The lowest BCUT2D eigenvalue weighted by atomic mass is 9.91. The Labute approximate surface area is 116 Å². The molecule has 0 spiro atoms. The Hall–Kier alpha value is -1.15. The van der Waals surface area contributed by atoms with Gasteiger partial charge in [-0.2, -0.15) is 0 Å². The fourth-order valence-electron chi connectivity index (χ4n) is 3.38. The summed E-state index contributed by atoms with van der Waals surface area (Å²) in [6, 6.07) is 10.8. The number of ketones is 1. The van der Waals surface area contributed by atoms with Crippen molar-refractivity contribution in [2.75, 3.05) is 0 Å². The van der Waals surface area contributed by atoms with Crippen LogP contribution in [0, 0.1) is 0 Å². The Kier molecular flexibility index (Phi) is 4.76. The third-order valence-electron chi connectivity index (χ3n) is 4.37. The van der Waals surface area contributed by atoms with Crippen LogP contribution in [0.25, 0.3) is 0 Å². The molecule has 104 valence electrons. The van der Waals surface area contributed by atoms with Crippen molar-refractivity contribution in [3.05, 3.63) is 35.9 Å². The third-order valence-corrected chi connectivity index (χ3v) is 4.37. The molecule has 1 fully saturated rings. The first-order valence-corrected chi connectivity index (χ1v) is 7.51. The molecule has 1 aromatic rings. The molecule has 0 bridgehead atoms. The Bertz CT molecular complexity index is 405. The highest BCUT2D eigenvalue weighted by Crippen LogP contribution is 2.27. The van der Waals surface area contributed by atoms with Crippen LogP contribution in [0.5, 0.6) is 0 Å². The zero-order valence-electron chi connectivity index (χ0n) is 12.3. The van der Waals surface area contributed by atoms with Gasteiger partial charge in [-0.25, -0.2) is 0 Å². The van der Waals surface area contributed by atoms with E-state index >= 15 is 0 Å². The molecule has 3 atom stereocenters. The Morgan fingerprint density at radius 1 is 1.21 bits per heavy atom. The number of benzene rings is 1. The highest BCUT2D eigenvalue weighted by atomic mass is 16.1. The van der Waals surface area contributed by atoms with Crippen LogP contribution < -0.4 is 0 Å². The van der Waals surface area contributed by atoms with Gasteiger partial charge < -0.3 is 0 Å². The molecule has 1 saturated heterocycles. The number of hydrogen-bond acceptors (Lipinski definition) is 2. The number of carbonyl (C=O) groups is 1. The van der Waals surface area contributed by atoms with Gasteiger partial charge in [0.1, 0.15) is 0 Å². The summed E-state index contributed by atoms with van der Waals surface area (Å²) in [5, 5.41) is 0. The van der Waals surface area contributed by atoms with E-state index in [0.717, 1.165) is 12.0 Å². The van der Waals surface area contributed by atoms with Gasteiger partial charge in [0.15, 0.2) is 5.78 Å². The molecule has 0 aromatic heterocycles. The molecule has 1 aliphatic rings. The maximum Gasteiger partial charge on any atom is 0.179 e. The van der Waals surface area contributed by atoms with Crippen molar-refractivity contribution in [2.45, 2.75) is 64.6 Å². The highest BCUT2D eigenvalue weighted by molar-refractivity contribution is 6.00. The molecule has 2 nitrogen and oxygen atoms in total. The standard InChI is InChI=1S/C17H25NO/c1-4-16(17(19)15-11-6-5-7-12-15)18-13(2)9-8-10-14(18)3/h5-7,11-14,16H,4,8-10H2,1-3H3. The molecule has 0 aliphatic carbocycles. The fourth-order valence-corrected chi connectivity index (χ4v) is 3.38. The molecule has 0 radical (unpaired) electrons. The SMILES string of the molecule is CCC(C(=O)c1ccccc1)N1C(C)CCCC1C. The van der Waals surface area contributed by atoms with Gasteiger partial charge in [0.2, 0.25) is 0 Å². The lowest BCUT2D eigenvalue weighted by molar-refractivity contribution is 0.0432. The molecule has 1 aromatic carbocycles. The summed E-state index contributed by atoms with van der Waals surface area (Å²) in [4.78, 5) is 15.2. The van der Waals surface area contributed by atoms with Crippen LogP contribution in [0.3, 0.4) is 0 Å². The maximum absolute atomic E-state index is 12.7. The minimum absolute atomic E-state index is 0.0349. The molecule has 2 rings (SSSR count). The molecule has 0 N–H and O–H groups in total. The van der Waals surface area contributed by atoms with E-state index in [1.807, 2.05) is 30.3 Å². The van der Waals surface area contributed by atoms with Crippen molar-refractivity contribution < 1.29 is 4.79 Å². The van der Waals surface area contributed by atoms with Crippen molar-refractivity contribution in [3.63, 3.8) is 0 Å². The van der Waals surface area contributed by atoms with E-state index in [-0.39, 0.29) is 11.8 Å². The van der Waals surface area contributed by atoms with E-state index in [0.29, 0.717) is 12.1 Å². The number of piperidine rings is 1. The molecule has 2 heteroatoms. The Morgan fingerprint density at radius 3 is 2.32 bits per heavy atom. The lowest BCUT2D eigenvalue weighted by Gasteiger charge is -2.43. The average molecular weight is 259 g/mol. The van der Waals surface area contributed by atoms with Gasteiger partial charge in [-0.15, -0.1) is 0 Å². The largest absolute Gasteiger partial charge is 0.292 e. The highest BCUT2D eigenvalue weighted by Gasteiger charge is 2.34. The Morgan fingerprint density at radius 2 is 1.79 bits per heavy atom. The first-order chi connectivity index (χ1) is 9.15. The van der Waals surface area contributed by atoms with Crippen molar-refractivity contribution >= 4 is 5.78 Å². The normalized spacial score (nSPS) is 26.1. The number of hydrogen-bond donors (Lipinski definition) is 0. The van der Waals surface area contributed by atoms with Crippen LogP contribution in [0.4, 0.5) is 0 Å². The first kappa shape index (κ1) is 14.3. The van der Waals surface area contributed by atoms with E-state index in [4.69, 9.17) is 0 Å². The quantitative estimate of drug-likeness (QED) is 0.764. The van der Waals surface area contributed by atoms with Crippen molar-refractivity contribution in [3.8, 4) is 0 Å². The van der Waals surface area contributed by atoms with Crippen LogP contribution in [-0.4, -0.2) is 28.8 Å². The fraction of sp³-hybridized carbons (Fsp3) is 0.588. The van der Waals surface area contributed by atoms with Gasteiger partial charge >= 0.3 is 0 Å². The molecule has 1 aliphatic heterocycles. The summed E-state index contributed by atoms with van der Waals surface area (Å²) in [6.45, 7) is 6.65. The van der Waals surface area contributed by atoms with Gasteiger partial charge in [0.05, 0.1) is 6.04 Å². The summed E-state index contributed by atoms with van der Waals surface area (Å²) < 4.78 is 0. The van der Waals surface area contributed by atoms with Gasteiger partial charge in [-0.05, 0) is 33.1 Å². The predicted octanol–water partition coefficient (Wildman–Crippen LogP) is 3.91. The van der Waals surface area contributed by atoms with Crippen LogP contribution in [0.1, 0.15) is 56.8 Å². The van der Waals surface area contributed by atoms with Crippen LogP contribution in [0.2, 0.25) is 0 Å². The Balaban J connectivity index is 2.21. The van der Waals surface area contributed by atoms with E-state index in [1.54, 1.807) is 0 Å². The third kappa shape index (κ3) is 3.06. The van der Waals surface area contributed by atoms with Gasteiger partial charge in [0.25, 0.3) is 0 Å². The minimum Gasteiger partial charge on any atom is -0.292 e. The van der Waals surface area contributed by atoms with Crippen molar-refractivity contribution in [1.82, 2.24) is 4.90 Å². The molecular weight excluding hydrogens is 234 g/mol. The number of rotatable bonds is 4. The van der Waals surface area contributed by atoms with Gasteiger partial charge in [0, 0.05) is 17.6 Å². The second-order valence-corrected chi connectivity index (χ2v) is 5.73. The van der Waals surface area contributed by atoms with Crippen LogP contribution in [-0.2, 0) is 0 Å². The molecule has 1 heterocycles. The summed E-state index contributed by atoms with van der Waals surface area (Å²) in [7, 11) is 0. The summed E-state index contributed by atoms with van der Waals surface area (Å²) in [6.07, 6.45) is 4.60. The van der Waals surface area contributed by atoms with E-state index in [1.165, 1.54) is 19.3 Å². The average Bonchev–Trinajstić information content (AvgIpc) is 2.43. The number of Topliss-reactive ketones (excluding diaryl/α,β-unsaturated/α-hetero) is 1. The van der Waals surface area contributed by atoms with Crippen LogP contribution in [0.15, 0.2) is 30.3 Å². The summed E-state index contributed by atoms with van der Waals surface area (Å²) in [5.41, 5.74) is 0.847. The first-order valence-electron chi connectivity index (χ1n) is 7.51. The molecule has 3 unspecified atom stereocenters. The molecule has 0 saturated carbocycles. The predicted molar refractivity (Wildman–Crippen MR) is 79.5 cm³/mol. The number of carbonyl (C=O) groups excluding carboxylic acids is 1. The van der Waals surface area contributed by atoms with E-state index < -0.39 is 0 Å². The monoisotopic (exact) mass is 259 g/mol. The molecule has 19 heavy (non-hydrogen) atoms.